The molecule has 0 aromatic carbocycles. The molecular formula is C10H11N3. The monoisotopic (exact) mass is 173 g/mol. The fraction of sp³-hybridized carbons (Fsp3) is 0.400. The molecule has 1 fully saturated rings. The molecule has 1 aliphatic rings. The Kier molecular flexibility index (Phi) is 1.26. The highest BCUT2D eigenvalue weighted by Gasteiger charge is 2.24. The summed E-state index contributed by atoms with van der Waals surface area (Å²) in [7, 11) is 0. The first-order chi connectivity index (χ1) is 6.34. The van der Waals surface area contributed by atoms with Gasteiger partial charge in [0, 0.05) is 18.4 Å². The lowest BCUT2D eigenvalue weighted by Crippen LogP contribution is -1.94. The van der Waals surface area contributed by atoms with Crippen LogP contribution in [0, 0.1) is 6.92 Å². The number of rotatable bonds is 1. The summed E-state index contributed by atoms with van der Waals surface area (Å²) in [5.41, 5.74) is 3.05. The number of nitrogens with zero attached hydrogens (tertiary/aromatic N) is 3. The average Bonchev–Trinajstić information content (AvgIpc) is 2.87. The van der Waals surface area contributed by atoms with E-state index < -0.39 is 0 Å². The van der Waals surface area contributed by atoms with Crippen LogP contribution in [0.5, 0.6) is 0 Å². The molecule has 0 unspecified atom stereocenters. The second-order valence-corrected chi connectivity index (χ2v) is 3.67. The van der Waals surface area contributed by atoms with E-state index in [4.69, 9.17) is 0 Å². The second-order valence-electron chi connectivity index (χ2n) is 3.67. The number of hydrogen-bond donors (Lipinski definition) is 0. The maximum absolute atomic E-state index is 4.50. The molecule has 0 aliphatic heterocycles. The first-order valence-corrected chi connectivity index (χ1v) is 4.65. The minimum atomic E-state index is 0.689. The van der Waals surface area contributed by atoms with Gasteiger partial charge in [-0.05, 0) is 25.8 Å². The van der Waals surface area contributed by atoms with Gasteiger partial charge in [-0.2, -0.15) is 0 Å². The molecule has 2 aromatic heterocycles. The van der Waals surface area contributed by atoms with E-state index in [0.29, 0.717) is 6.04 Å². The molecule has 0 atom stereocenters. The fourth-order valence-corrected chi connectivity index (χ4v) is 1.65. The van der Waals surface area contributed by atoms with Gasteiger partial charge < -0.3 is 4.57 Å². The van der Waals surface area contributed by atoms with E-state index in [1.165, 1.54) is 12.8 Å². The molecule has 0 saturated heterocycles. The van der Waals surface area contributed by atoms with Crippen molar-refractivity contribution >= 4 is 11.2 Å². The lowest BCUT2D eigenvalue weighted by molar-refractivity contribution is 0.764. The van der Waals surface area contributed by atoms with Crippen molar-refractivity contribution in [3.05, 3.63) is 24.2 Å². The van der Waals surface area contributed by atoms with Gasteiger partial charge in [0.05, 0.1) is 5.69 Å². The molecule has 1 saturated carbocycles. The summed E-state index contributed by atoms with van der Waals surface area (Å²) in [5.74, 6) is 0. The lowest BCUT2D eigenvalue weighted by Gasteiger charge is -2.00. The third kappa shape index (κ3) is 1.03. The summed E-state index contributed by atoms with van der Waals surface area (Å²) >= 11 is 0. The maximum Gasteiger partial charge on any atom is 0.159 e. The van der Waals surface area contributed by atoms with Crippen LogP contribution < -0.4 is 0 Å². The smallest absolute Gasteiger partial charge is 0.159 e. The maximum atomic E-state index is 4.50. The third-order valence-electron chi connectivity index (χ3n) is 2.48. The molecule has 0 bridgehead atoms. The van der Waals surface area contributed by atoms with Gasteiger partial charge in [-0.15, -0.1) is 0 Å². The van der Waals surface area contributed by atoms with E-state index in [0.717, 1.165) is 16.9 Å². The Balaban J connectivity index is 2.29. The molecule has 13 heavy (non-hydrogen) atoms. The van der Waals surface area contributed by atoms with Gasteiger partial charge in [-0.3, -0.25) is 4.98 Å². The molecule has 0 N–H and O–H groups in total. The Morgan fingerprint density at radius 3 is 3.08 bits per heavy atom. The van der Waals surface area contributed by atoms with E-state index in [-0.39, 0.29) is 0 Å². The minimum Gasteiger partial charge on any atom is -0.328 e. The highest BCUT2D eigenvalue weighted by molar-refractivity contribution is 5.71. The first-order valence-electron chi connectivity index (χ1n) is 4.65. The van der Waals surface area contributed by atoms with Crippen LogP contribution in [0.4, 0.5) is 0 Å². The topological polar surface area (TPSA) is 30.7 Å². The summed E-state index contributed by atoms with van der Waals surface area (Å²) in [6.45, 7) is 1.98. The molecule has 2 heterocycles. The molecule has 66 valence electrons. The molecule has 0 spiro atoms. The van der Waals surface area contributed by atoms with Crippen molar-refractivity contribution in [1.82, 2.24) is 14.5 Å². The standard InChI is InChI=1S/C10H11N3/c1-7-6-11-9-4-5-13(8-2-3-8)10(9)12-7/h4-6,8H,2-3H2,1H3. The molecule has 3 nitrogen and oxygen atoms in total. The molecule has 3 heteroatoms. The minimum absolute atomic E-state index is 0.689. The van der Waals surface area contributed by atoms with Gasteiger partial charge in [-0.25, -0.2) is 4.98 Å². The van der Waals surface area contributed by atoms with Gasteiger partial charge in [-0.1, -0.05) is 0 Å². The van der Waals surface area contributed by atoms with E-state index >= 15 is 0 Å². The van der Waals surface area contributed by atoms with Gasteiger partial charge in [0.15, 0.2) is 5.65 Å². The second kappa shape index (κ2) is 2.31. The van der Waals surface area contributed by atoms with Crippen LogP contribution in [0.15, 0.2) is 18.5 Å². The van der Waals surface area contributed by atoms with Crippen molar-refractivity contribution in [3.63, 3.8) is 0 Å². The summed E-state index contributed by atoms with van der Waals surface area (Å²) < 4.78 is 2.25. The highest BCUT2D eigenvalue weighted by atomic mass is 15.1. The lowest BCUT2D eigenvalue weighted by atomic mass is 10.4. The van der Waals surface area contributed by atoms with E-state index in [2.05, 4.69) is 20.7 Å². The highest BCUT2D eigenvalue weighted by Crippen LogP contribution is 2.36. The van der Waals surface area contributed by atoms with Crippen LogP contribution in [0.3, 0.4) is 0 Å². The zero-order chi connectivity index (χ0) is 8.84. The average molecular weight is 173 g/mol. The van der Waals surface area contributed by atoms with Crippen molar-refractivity contribution in [2.45, 2.75) is 25.8 Å². The number of aromatic nitrogens is 3. The molecule has 2 aromatic rings. The zero-order valence-electron chi connectivity index (χ0n) is 7.57. The van der Waals surface area contributed by atoms with E-state index in [1.807, 2.05) is 19.2 Å². The van der Waals surface area contributed by atoms with Gasteiger partial charge in [0.25, 0.3) is 0 Å². The molecule has 3 rings (SSSR count). The Morgan fingerprint density at radius 2 is 2.31 bits per heavy atom. The summed E-state index contributed by atoms with van der Waals surface area (Å²) in [4.78, 5) is 8.83. The van der Waals surface area contributed by atoms with Crippen LogP contribution >= 0.6 is 0 Å². The van der Waals surface area contributed by atoms with Gasteiger partial charge >= 0.3 is 0 Å². The van der Waals surface area contributed by atoms with Crippen molar-refractivity contribution in [1.29, 1.82) is 0 Å². The summed E-state index contributed by atoms with van der Waals surface area (Å²) in [6.07, 6.45) is 6.50. The third-order valence-corrected chi connectivity index (χ3v) is 2.48. The number of aryl methyl sites for hydroxylation is 1. The number of hydrogen-bond acceptors (Lipinski definition) is 2. The summed E-state index contributed by atoms with van der Waals surface area (Å²) in [6, 6.07) is 2.73. The Labute approximate surface area is 76.4 Å². The van der Waals surface area contributed by atoms with Crippen LogP contribution in [0.2, 0.25) is 0 Å². The predicted molar refractivity (Wildman–Crippen MR) is 50.5 cm³/mol. The SMILES string of the molecule is Cc1cnc2ccn(C3CC3)c2n1. The quantitative estimate of drug-likeness (QED) is 0.661. The largest absolute Gasteiger partial charge is 0.328 e. The molecular weight excluding hydrogens is 162 g/mol. The predicted octanol–water partition coefficient (Wildman–Crippen LogP) is 2.07. The van der Waals surface area contributed by atoms with Crippen molar-refractivity contribution < 1.29 is 0 Å². The van der Waals surface area contributed by atoms with E-state index in [1.54, 1.807) is 0 Å². The summed E-state index contributed by atoms with van der Waals surface area (Å²) in [5, 5.41) is 0. The normalized spacial score (nSPS) is 16.7. The Morgan fingerprint density at radius 1 is 1.46 bits per heavy atom. The number of fused-ring (bicyclic) bond motifs is 1. The van der Waals surface area contributed by atoms with Crippen molar-refractivity contribution in [2.24, 2.45) is 0 Å². The fourth-order valence-electron chi connectivity index (χ4n) is 1.65. The van der Waals surface area contributed by atoms with Crippen LogP contribution in [-0.2, 0) is 0 Å². The van der Waals surface area contributed by atoms with Gasteiger partial charge in [0.2, 0.25) is 0 Å². The van der Waals surface area contributed by atoms with Crippen molar-refractivity contribution in [2.75, 3.05) is 0 Å². The first kappa shape index (κ1) is 7.06. The molecule has 0 radical (unpaired) electrons. The Hall–Kier alpha value is -1.38. The molecule has 1 aliphatic carbocycles. The van der Waals surface area contributed by atoms with Crippen LogP contribution in [0.1, 0.15) is 24.6 Å². The molecule has 0 amide bonds. The van der Waals surface area contributed by atoms with Crippen LogP contribution in [0.25, 0.3) is 11.2 Å². The van der Waals surface area contributed by atoms with Gasteiger partial charge in [0.1, 0.15) is 5.52 Å². The van der Waals surface area contributed by atoms with Crippen LogP contribution in [-0.4, -0.2) is 14.5 Å². The Bertz CT molecular complexity index is 454. The van der Waals surface area contributed by atoms with Crippen molar-refractivity contribution in [3.8, 4) is 0 Å². The van der Waals surface area contributed by atoms with E-state index in [9.17, 15) is 0 Å². The zero-order valence-corrected chi connectivity index (χ0v) is 7.57.